The zero-order valence-corrected chi connectivity index (χ0v) is 24.0. The van der Waals surface area contributed by atoms with Crippen LogP contribution in [0, 0.1) is 0 Å². The quantitative estimate of drug-likeness (QED) is 0.278. The van der Waals surface area contributed by atoms with Crippen molar-refractivity contribution in [2.45, 2.75) is 31.0 Å². The first-order valence-electron chi connectivity index (χ1n) is 12.9. The van der Waals surface area contributed by atoms with Gasteiger partial charge in [0.15, 0.2) is 5.69 Å². The maximum atomic E-state index is 13.6. The number of halogens is 3. The van der Waals surface area contributed by atoms with Crippen LogP contribution in [-0.2, 0) is 14.8 Å². The van der Waals surface area contributed by atoms with Crippen LogP contribution >= 0.6 is 11.3 Å². The number of hydrogen-bond acceptors (Lipinski definition) is 9. The van der Waals surface area contributed by atoms with Crippen LogP contribution in [0.3, 0.4) is 0 Å². The highest BCUT2D eigenvalue weighted by atomic mass is 32.2. The Morgan fingerprint density at radius 2 is 1.70 bits per heavy atom. The van der Waals surface area contributed by atoms with E-state index in [0.717, 1.165) is 53.1 Å². The fraction of sp³-hybridized carbons (Fsp3) is 0.259. The molecule has 0 spiro atoms. The van der Waals surface area contributed by atoms with Crippen LogP contribution in [0.25, 0.3) is 16.5 Å². The zero-order chi connectivity index (χ0) is 30.9. The summed E-state index contributed by atoms with van der Waals surface area (Å²) in [6, 6.07) is 9.63. The summed E-state index contributed by atoms with van der Waals surface area (Å²) >= 11 is 0.946. The molecule has 2 aromatic carbocycles. The standard InChI is InChI=1S/C27H23F3N4O7S2/c1-2-40-26(37)22-20-15-42-24(21(20)25(36)34(32-22)17-7-9-18(10-8-17)41-27(28,29)30)31-23(35)16-5-11-19(12-6-16)43(38,39)33-13-3-4-14-33/h5-12,15H,2-4,13-14H2,1H3,(H,31,35). The van der Waals surface area contributed by atoms with Crippen LogP contribution in [-0.4, -0.2) is 60.4 Å². The zero-order valence-electron chi connectivity index (χ0n) is 22.4. The first-order valence-corrected chi connectivity index (χ1v) is 15.2. The Kier molecular flexibility index (Phi) is 8.27. The summed E-state index contributed by atoms with van der Waals surface area (Å²) in [5.74, 6) is -2.04. The number of carbonyl (C=O) groups is 2. The largest absolute Gasteiger partial charge is 0.573 e. The lowest BCUT2D eigenvalue weighted by atomic mass is 10.2. The van der Waals surface area contributed by atoms with E-state index >= 15 is 0 Å². The molecule has 1 saturated heterocycles. The van der Waals surface area contributed by atoms with E-state index in [2.05, 4.69) is 15.2 Å². The molecule has 1 fully saturated rings. The number of aromatic nitrogens is 2. The Labute approximate surface area is 246 Å². The molecule has 0 saturated carbocycles. The van der Waals surface area contributed by atoms with Gasteiger partial charge in [-0.2, -0.15) is 14.1 Å². The first kappa shape index (κ1) is 30.2. The summed E-state index contributed by atoms with van der Waals surface area (Å²) in [5, 5.41) is 8.27. The third-order valence-corrected chi connectivity index (χ3v) is 9.29. The molecule has 1 N–H and O–H groups in total. The Bertz CT molecular complexity index is 1850. The van der Waals surface area contributed by atoms with Gasteiger partial charge in [-0.25, -0.2) is 13.2 Å². The maximum absolute atomic E-state index is 13.6. The summed E-state index contributed by atoms with van der Waals surface area (Å²) in [6.07, 6.45) is -3.36. The van der Waals surface area contributed by atoms with Gasteiger partial charge in [0.25, 0.3) is 11.5 Å². The van der Waals surface area contributed by atoms with Crippen LogP contribution < -0.4 is 15.6 Å². The number of hydrogen-bond donors (Lipinski definition) is 1. The van der Waals surface area contributed by atoms with Gasteiger partial charge in [-0.05, 0) is 68.3 Å². The predicted octanol–water partition coefficient (Wildman–Crippen LogP) is 4.56. The smallest absolute Gasteiger partial charge is 0.461 e. The average molecular weight is 637 g/mol. The summed E-state index contributed by atoms with van der Waals surface area (Å²) in [5.41, 5.74) is -0.885. The SMILES string of the molecule is CCOC(=O)c1nn(-c2ccc(OC(F)(F)F)cc2)c(=O)c2c(NC(=O)c3ccc(S(=O)(=O)N4CCCC4)cc3)scc12. The van der Waals surface area contributed by atoms with E-state index in [0.29, 0.717) is 13.1 Å². The second kappa shape index (κ2) is 11.8. The van der Waals surface area contributed by atoms with E-state index in [1.54, 1.807) is 6.92 Å². The number of ether oxygens (including phenoxy) is 2. The van der Waals surface area contributed by atoms with E-state index in [1.165, 1.54) is 34.0 Å². The van der Waals surface area contributed by atoms with Crippen LogP contribution in [0.1, 0.15) is 40.6 Å². The number of anilines is 1. The molecular formula is C27H23F3N4O7S2. The molecule has 43 heavy (non-hydrogen) atoms. The summed E-state index contributed by atoms with van der Waals surface area (Å²) < 4.78 is 74.5. The molecule has 0 bridgehead atoms. The van der Waals surface area contributed by atoms with Crippen molar-refractivity contribution in [1.82, 2.24) is 14.1 Å². The minimum Gasteiger partial charge on any atom is -0.461 e. The van der Waals surface area contributed by atoms with E-state index in [4.69, 9.17) is 4.74 Å². The molecule has 1 aliphatic rings. The van der Waals surface area contributed by atoms with Crippen LogP contribution in [0.2, 0.25) is 0 Å². The minimum absolute atomic E-state index is 0.00180. The number of benzene rings is 2. The number of sulfonamides is 1. The van der Waals surface area contributed by atoms with Crippen molar-refractivity contribution in [1.29, 1.82) is 0 Å². The van der Waals surface area contributed by atoms with Crippen LogP contribution in [0.4, 0.5) is 18.2 Å². The summed E-state index contributed by atoms with van der Waals surface area (Å²) in [7, 11) is -3.68. The van der Waals surface area contributed by atoms with Crippen molar-refractivity contribution in [2.75, 3.05) is 25.0 Å². The Hall–Kier alpha value is -4.28. The normalized spacial score (nSPS) is 14.1. The van der Waals surface area contributed by atoms with Crippen LogP contribution in [0.5, 0.6) is 5.75 Å². The molecule has 0 radical (unpaired) electrons. The van der Waals surface area contributed by atoms with Gasteiger partial charge in [0, 0.05) is 29.4 Å². The fourth-order valence-corrected chi connectivity index (χ4v) is 6.94. The number of fused-ring (bicyclic) bond motifs is 1. The summed E-state index contributed by atoms with van der Waals surface area (Å²) in [6.45, 7) is 2.44. The number of thiophene rings is 1. The molecule has 5 rings (SSSR count). The number of esters is 1. The highest BCUT2D eigenvalue weighted by Gasteiger charge is 2.31. The third kappa shape index (κ3) is 6.25. The molecule has 11 nitrogen and oxygen atoms in total. The number of alkyl halides is 3. The van der Waals surface area contributed by atoms with E-state index in [1.807, 2.05) is 0 Å². The average Bonchev–Trinajstić information content (AvgIpc) is 3.65. The van der Waals surface area contributed by atoms with Crippen molar-refractivity contribution >= 4 is 49.0 Å². The van der Waals surface area contributed by atoms with Gasteiger partial charge in [0.05, 0.1) is 22.6 Å². The molecule has 3 heterocycles. The van der Waals surface area contributed by atoms with Crippen molar-refractivity contribution in [3.05, 3.63) is 75.5 Å². The van der Waals surface area contributed by atoms with Gasteiger partial charge in [0.1, 0.15) is 10.8 Å². The molecule has 226 valence electrons. The number of nitrogens with one attached hydrogen (secondary N) is 1. The molecule has 4 aromatic rings. The number of amides is 1. The fourth-order valence-electron chi connectivity index (χ4n) is 4.49. The highest BCUT2D eigenvalue weighted by molar-refractivity contribution is 7.89. The minimum atomic E-state index is -4.92. The van der Waals surface area contributed by atoms with E-state index in [9.17, 15) is 36.0 Å². The maximum Gasteiger partial charge on any atom is 0.573 e. The van der Waals surface area contributed by atoms with Gasteiger partial charge in [-0.1, -0.05) is 0 Å². The lowest BCUT2D eigenvalue weighted by molar-refractivity contribution is -0.274. The van der Waals surface area contributed by atoms with Crippen LogP contribution in [0.15, 0.2) is 63.6 Å². The van der Waals surface area contributed by atoms with Gasteiger partial charge in [-0.15, -0.1) is 24.5 Å². The Morgan fingerprint density at radius 1 is 1.05 bits per heavy atom. The molecule has 0 unspecified atom stereocenters. The Morgan fingerprint density at radius 3 is 2.30 bits per heavy atom. The number of rotatable bonds is 8. The van der Waals surface area contributed by atoms with Crippen molar-refractivity contribution in [3.8, 4) is 11.4 Å². The number of nitrogens with zero attached hydrogens (tertiary/aromatic N) is 3. The van der Waals surface area contributed by atoms with E-state index < -0.39 is 39.6 Å². The van der Waals surface area contributed by atoms with Gasteiger partial charge < -0.3 is 14.8 Å². The van der Waals surface area contributed by atoms with Crippen molar-refractivity contribution < 1.29 is 40.7 Å². The molecule has 2 aromatic heterocycles. The molecule has 1 amide bonds. The lowest BCUT2D eigenvalue weighted by Crippen LogP contribution is -2.27. The third-order valence-electron chi connectivity index (χ3n) is 6.48. The molecule has 0 atom stereocenters. The molecule has 0 aliphatic carbocycles. The first-order chi connectivity index (χ1) is 20.4. The van der Waals surface area contributed by atoms with Gasteiger partial charge in [-0.3, -0.25) is 9.59 Å². The predicted molar refractivity (Wildman–Crippen MR) is 150 cm³/mol. The number of carbonyl (C=O) groups excluding carboxylic acids is 2. The molecular weight excluding hydrogens is 613 g/mol. The topological polar surface area (TPSA) is 137 Å². The summed E-state index contributed by atoms with van der Waals surface area (Å²) in [4.78, 5) is 39.5. The molecule has 16 heteroatoms. The van der Waals surface area contributed by atoms with Gasteiger partial charge in [0.2, 0.25) is 10.0 Å². The molecule has 1 aliphatic heterocycles. The Balaban J connectivity index is 1.50. The second-order valence-electron chi connectivity index (χ2n) is 9.27. The highest BCUT2D eigenvalue weighted by Crippen LogP contribution is 2.32. The second-order valence-corrected chi connectivity index (χ2v) is 12.1. The van der Waals surface area contributed by atoms with Crippen molar-refractivity contribution in [3.63, 3.8) is 0 Å². The monoisotopic (exact) mass is 636 g/mol. The van der Waals surface area contributed by atoms with E-state index in [-0.39, 0.29) is 44.2 Å². The lowest BCUT2D eigenvalue weighted by Gasteiger charge is -2.15. The van der Waals surface area contributed by atoms with Crippen molar-refractivity contribution in [2.24, 2.45) is 0 Å². The van der Waals surface area contributed by atoms with Gasteiger partial charge >= 0.3 is 12.3 Å².